The van der Waals surface area contributed by atoms with Crippen LogP contribution in [0.2, 0.25) is 0 Å². The zero-order valence-electron chi connectivity index (χ0n) is 101. The molecule has 5 N–H and O–H groups in total. The standard InChI is InChI=1S/C132H248O18/c1-18-23-28-33-38-43-48-53-57-59-64-68-73-78-83-88-93-106(8)98-110(12)119(135)114(16)129(141)143-103-117-121(137)124(148-127(139)112(14)100-108(10)96-104(6)91-86-81-76-71-66-62-55-50-45-40-35-30-25-20-3)126(146-118(134)95-90-85-80-75-70-61-52-47-42-37-32-27-22-5)132(145-117)150-131-125(149-128(140)113(15)101-109(11)97-105(7)92-87-82-77-72-67-63-56-51-46-41-36-31-26-21-4)122(138)123(116(102-133)144-131)147-130(142)115(17)120(136)111(13)99-107(9)94-89-84-79-74-69-65-60-58-54-49-44-39-34-29-24-19-2/h100-101,104-111,114-117,119-126,131-133,135-138H,18-99,102-103H2,1-17H3/b112-100+,113-101+/t104-,105-,106-,107-,108-,109-,110-,111-,114-,115-,116?,117?,119-,120-,121+,122?,123+,124?,125-,126+,131+,132+/m0/s1. The fourth-order valence-electron chi connectivity index (χ4n) is 23.6. The molecular weight excluding hydrogens is 1870 g/mol. The van der Waals surface area contributed by atoms with Gasteiger partial charge in [0.15, 0.2) is 24.4 Å². The van der Waals surface area contributed by atoms with E-state index in [1.54, 1.807) is 27.7 Å². The predicted molar refractivity (Wildman–Crippen MR) is 626 cm³/mol. The fourth-order valence-corrected chi connectivity index (χ4v) is 23.6. The molecule has 18 nitrogen and oxygen atoms in total. The normalized spacial score (nSPS) is 20.7. The number of carbonyl (C=O) groups is 5. The number of esters is 5. The largest absolute Gasteiger partial charge is 0.463 e. The molecule has 22 atom stereocenters. The second-order valence-electron chi connectivity index (χ2n) is 49.1. The number of ether oxygens (including phenoxy) is 8. The van der Waals surface area contributed by atoms with Gasteiger partial charge < -0.3 is 63.4 Å². The molecule has 2 rings (SSSR count). The molecule has 2 heterocycles. The highest BCUT2D eigenvalue weighted by Gasteiger charge is 2.56. The van der Waals surface area contributed by atoms with Crippen LogP contribution in [0.15, 0.2) is 23.3 Å². The lowest BCUT2D eigenvalue weighted by molar-refractivity contribution is -0.377. The Morgan fingerprint density at radius 2 is 0.527 bits per heavy atom. The average molecular weight is 2120 g/mol. The molecule has 2 saturated heterocycles. The van der Waals surface area contributed by atoms with E-state index in [-0.39, 0.29) is 47.2 Å². The molecule has 150 heavy (non-hydrogen) atoms. The van der Waals surface area contributed by atoms with E-state index in [9.17, 15) is 39.9 Å². The molecule has 0 aromatic carbocycles. The van der Waals surface area contributed by atoms with Crippen LogP contribution in [0.5, 0.6) is 0 Å². The van der Waals surface area contributed by atoms with E-state index in [4.69, 9.17) is 37.9 Å². The Balaban J connectivity index is 2.71. The number of rotatable bonds is 105. The first-order chi connectivity index (χ1) is 72.6. The van der Waals surface area contributed by atoms with Gasteiger partial charge >= 0.3 is 29.8 Å². The molecule has 0 spiro atoms. The summed E-state index contributed by atoms with van der Waals surface area (Å²) in [6.45, 7) is 33.2. The van der Waals surface area contributed by atoms with Crippen molar-refractivity contribution in [2.75, 3.05) is 13.2 Å². The first-order valence-electron chi connectivity index (χ1n) is 65.2. The first-order valence-corrected chi connectivity index (χ1v) is 65.2. The number of aliphatic hydroxyl groups excluding tert-OH is 5. The lowest BCUT2D eigenvalue weighted by Crippen LogP contribution is -2.66. The van der Waals surface area contributed by atoms with Gasteiger partial charge in [-0.15, -0.1) is 0 Å². The van der Waals surface area contributed by atoms with Gasteiger partial charge in [0.25, 0.3) is 0 Å². The Morgan fingerprint density at radius 3 is 0.813 bits per heavy atom. The van der Waals surface area contributed by atoms with Gasteiger partial charge in [0.05, 0.1) is 30.7 Å². The molecule has 0 saturated carbocycles. The molecule has 0 bridgehead atoms. The number of hydrogen-bond donors (Lipinski definition) is 5. The summed E-state index contributed by atoms with van der Waals surface area (Å²) in [5.74, 6) is -5.73. The molecular formula is C132H248O18. The van der Waals surface area contributed by atoms with Crippen molar-refractivity contribution in [3.8, 4) is 0 Å². The summed E-state index contributed by atoms with van der Waals surface area (Å²) >= 11 is 0. The summed E-state index contributed by atoms with van der Waals surface area (Å²) in [4.78, 5) is 74.4. The maximum absolute atomic E-state index is 15.1. The molecule has 0 aliphatic carbocycles. The Hall–Kier alpha value is -3.49. The van der Waals surface area contributed by atoms with Gasteiger partial charge in [-0.05, 0) is 107 Å². The van der Waals surface area contributed by atoms with E-state index in [1.807, 2.05) is 26.0 Å². The first kappa shape index (κ1) is 143. The van der Waals surface area contributed by atoms with Crippen LogP contribution in [-0.4, -0.2) is 142 Å². The monoisotopic (exact) mass is 2120 g/mol. The zero-order chi connectivity index (χ0) is 110. The van der Waals surface area contributed by atoms with Crippen LogP contribution in [0, 0.1) is 59.2 Å². The van der Waals surface area contributed by atoms with Gasteiger partial charge in [0, 0.05) is 17.6 Å². The van der Waals surface area contributed by atoms with Crippen LogP contribution in [0.25, 0.3) is 0 Å². The summed E-state index contributed by atoms with van der Waals surface area (Å²) in [6.07, 6.45) is 81.9. The van der Waals surface area contributed by atoms with Crippen molar-refractivity contribution >= 4 is 29.8 Å². The highest BCUT2D eigenvalue weighted by molar-refractivity contribution is 5.88. The molecule has 18 heteroatoms. The van der Waals surface area contributed by atoms with Crippen LogP contribution in [0.4, 0.5) is 0 Å². The number of unbranched alkanes of at least 4 members (excludes halogenated alkanes) is 68. The third kappa shape index (κ3) is 72.6. The SMILES string of the molecule is CCCCCCCCCCCCCCCCCC[C@H](C)C[C@H](C)[C@H](O)[C@H](C)C(=O)OCC1O[C@H](O[C@H]2OC(CO)[C@@H](OC(=O)[C@@H](C)[C@@H](O)[C@@H](C)C[C@@H](C)CCCCCCCCCCCCCCCCCC)C(O)[C@@H]2OC(=O)/C(C)=C/[C@@H](C)C[C@@H](C)CCCCCCCCCCCCCCCC)[C@H](OC(=O)CCCCCCCCCCCCCCC)C(OC(=O)/C(C)=C/[C@@H](C)C[C@@H](C)CCCCCCCCCCCCCCCC)[C@@H]1O. The van der Waals surface area contributed by atoms with E-state index in [1.165, 1.54) is 392 Å². The van der Waals surface area contributed by atoms with E-state index in [0.29, 0.717) is 37.0 Å². The number of hydrogen-bond acceptors (Lipinski definition) is 18. The highest BCUT2D eigenvalue weighted by atomic mass is 16.8. The number of aliphatic hydroxyl groups is 5. The van der Waals surface area contributed by atoms with Crippen molar-refractivity contribution in [2.24, 2.45) is 59.2 Å². The van der Waals surface area contributed by atoms with Crippen LogP contribution in [-0.2, 0) is 61.9 Å². The van der Waals surface area contributed by atoms with Crippen LogP contribution >= 0.6 is 0 Å². The van der Waals surface area contributed by atoms with Crippen molar-refractivity contribution in [3.63, 3.8) is 0 Å². The lowest BCUT2D eigenvalue weighted by Gasteiger charge is -2.47. The maximum Gasteiger partial charge on any atom is 0.333 e. The van der Waals surface area contributed by atoms with Crippen molar-refractivity contribution in [2.45, 2.75) is 718 Å². The smallest absolute Gasteiger partial charge is 0.333 e. The molecule has 0 aromatic heterocycles. The van der Waals surface area contributed by atoms with Crippen molar-refractivity contribution < 1.29 is 87.4 Å². The zero-order valence-corrected chi connectivity index (χ0v) is 101. The topological polar surface area (TPSA) is 260 Å². The van der Waals surface area contributed by atoms with Gasteiger partial charge in [-0.2, -0.15) is 0 Å². The average Bonchev–Trinajstić information content (AvgIpc) is 0.768. The van der Waals surface area contributed by atoms with E-state index >= 15 is 9.59 Å². The van der Waals surface area contributed by atoms with E-state index < -0.39 is 129 Å². The third-order valence-electron chi connectivity index (χ3n) is 33.5. The van der Waals surface area contributed by atoms with Crippen molar-refractivity contribution in [1.82, 2.24) is 0 Å². The minimum atomic E-state index is -2.00. The Bertz CT molecular complexity index is 3180. The summed E-state index contributed by atoms with van der Waals surface area (Å²) in [6, 6.07) is 0. The predicted octanol–water partition coefficient (Wildman–Crippen LogP) is 36.4. The van der Waals surface area contributed by atoms with E-state index in [2.05, 4.69) is 76.2 Å². The highest BCUT2D eigenvalue weighted by Crippen LogP contribution is 2.38. The summed E-state index contributed by atoms with van der Waals surface area (Å²) in [5, 5.41) is 61.7. The van der Waals surface area contributed by atoms with Gasteiger partial charge in [0.1, 0.15) is 31.0 Å². The van der Waals surface area contributed by atoms with Crippen LogP contribution < -0.4 is 0 Å². The van der Waals surface area contributed by atoms with Gasteiger partial charge in [-0.25, -0.2) is 9.59 Å². The Kier molecular flexibility index (Phi) is 91.7. The van der Waals surface area contributed by atoms with E-state index in [0.717, 1.165) is 109 Å². The summed E-state index contributed by atoms with van der Waals surface area (Å²) < 4.78 is 52.1. The molecule has 2 aliphatic heterocycles. The molecule has 0 radical (unpaired) electrons. The molecule has 0 aromatic rings. The Morgan fingerprint density at radius 1 is 0.280 bits per heavy atom. The number of allylic oxidation sites excluding steroid dienone is 2. The number of carbonyl (C=O) groups excluding carboxylic acids is 5. The van der Waals surface area contributed by atoms with Crippen LogP contribution in [0.1, 0.15) is 644 Å². The minimum absolute atomic E-state index is 0.0668. The molecule has 0 amide bonds. The minimum Gasteiger partial charge on any atom is -0.463 e. The molecule has 2 aliphatic rings. The van der Waals surface area contributed by atoms with Gasteiger partial charge in [-0.3, -0.25) is 14.4 Å². The van der Waals surface area contributed by atoms with Gasteiger partial charge in [0.2, 0.25) is 12.6 Å². The van der Waals surface area contributed by atoms with Crippen molar-refractivity contribution in [1.29, 1.82) is 0 Å². The summed E-state index contributed by atoms with van der Waals surface area (Å²) in [7, 11) is 0. The fraction of sp³-hybridized carbons (Fsp3) is 0.932. The quantitative estimate of drug-likeness (QED) is 0.0164. The Labute approximate surface area is 925 Å². The molecule has 4 unspecified atom stereocenters. The lowest BCUT2D eigenvalue weighted by atomic mass is 9.85. The second kappa shape index (κ2) is 96.4. The molecule has 884 valence electrons. The van der Waals surface area contributed by atoms with Crippen LogP contribution in [0.3, 0.4) is 0 Å². The van der Waals surface area contributed by atoms with Gasteiger partial charge in [-0.1, -0.05) is 590 Å². The second-order valence-corrected chi connectivity index (χ2v) is 49.1. The third-order valence-corrected chi connectivity index (χ3v) is 33.5. The van der Waals surface area contributed by atoms with Crippen molar-refractivity contribution in [3.05, 3.63) is 23.3 Å². The maximum atomic E-state index is 15.1. The molecule has 2 fully saturated rings. The summed E-state index contributed by atoms with van der Waals surface area (Å²) in [5.41, 5.74) is 0.446.